The molecule has 2 N–H and O–H groups in total. The summed E-state index contributed by atoms with van der Waals surface area (Å²) in [7, 11) is 0. The van der Waals surface area contributed by atoms with Gasteiger partial charge in [0, 0.05) is 11.8 Å². The van der Waals surface area contributed by atoms with Gasteiger partial charge < -0.3 is 14.4 Å². The molecule has 0 saturated heterocycles. The highest BCUT2D eigenvalue weighted by Gasteiger charge is 2.09. The Kier molecular flexibility index (Phi) is 6.26. The molecule has 1 amide bonds. The van der Waals surface area contributed by atoms with E-state index in [0.717, 1.165) is 22.4 Å². The van der Waals surface area contributed by atoms with E-state index in [-0.39, 0.29) is 5.56 Å². The number of hydrogen-bond acceptors (Lipinski definition) is 3. The maximum absolute atomic E-state index is 12.7. The fourth-order valence-electron chi connectivity index (χ4n) is 3.69. The van der Waals surface area contributed by atoms with Gasteiger partial charge in [-0.3, -0.25) is 10.1 Å². The number of nitrogens with zero attached hydrogens (tertiary/aromatic N) is 1. The average Bonchev–Trinajstić information content (AvgIpc) is 2.78. The number of nitrogens with one attached hydrogen (secondary N) is 1. The first-order valence-corrected chi connectivity index (χ1v) is 10.5. The Bertz CT molecular complexity index is 1340. The van der Waals surface area contributed by atoms with E-state index >= 15 is 0 Å². The van der Waals surface area contributed by atoms with Crippen molar-refractivity contribution >= 4 is 11.8 Å². The molecule has 6 nitrogen and oxygen atoms in total. The van der Waals surface area contributed by atoms with Gasteiger partial charge in [0.2, 0.25) is 0 Å². The summed E-state index contributed by atoms with van der Waals surface area (Å²) in [6, 6.07) is 25.7. The van der Waals surface area contributed by atoms with Gasteiger partial charge in [0.05, 0.1) is 12.2 Å². The smallest absolute Gasteiger partial charge is 0.409 e. The first kappa shape index (κ1) is 21.9. The minimum Gasteiger partial charge on any atom is -0.465 e. The molecule has 4 rings (SSSR count). The Balaban J connectivity index is 1.56. The SMILES string of the molecule is Cc1ccc(Cn2c(-c3ccc(Oc4ccc(NC(=O)O)cc4)cc3)cccc2=O)c(C)c1. The first-order valence-electron chi connectivity index (χ1n) is 10.5. The van der Waals surface area contributed by atoms with Gasteiger partial charge >= 0.3 is 6.09 Å². The van der Waals surface area contributed by atoms with Crippen LogP contribution in [0.1, 0.15) is 16.7 Å². The minimum atomic E-state index is -1.11. The van der Waals surface area contributed by atoms with Crippen molar-refractivity contribution in [2.24, 2.45) is 0 Å². The lowest BCUT2D eigenvalue weighted by Gasteiger charge is -2.15. The molecule has 0 aliphatic carbocycles. The van der Waals surface area contributed by atoms with E-state index < -0.39 is 6.09 Å². The van der Waals surface area contributed by atoms with Crippen LogP contribution in [0, 0.1) is 13.8 Å². The number of carbonyl (C=O) groups is 1. The Morgan fingerprint density at radius 1 is 0.909 bits per heavy atom. The molecule has 0 atom stereocenters. The van der Waals surface area contributed by atoms with Gasteiger partial charge in [0.1, 0.15) is 11.5 Å². The maximum Gasteiger partial charge on any atom is 0.409 e. The molecular weight excluding hydrogens is 416 g/mol. The van der Waals surface area contributed by atoms with Gasteiger partial charge in [-0.2, -0.15) is 0 Å². The molecule has 1 heterocycles. The summed E-state index contributed by atoms with van der Waals surface area (Å²) >= 11 is 0. The number of ether oxygens (including phenoxy) is 1. The van der Waals surface area contributed by atoms with Crippen molar-refractivity contribution in [1.29, 1.82) is 0 Å². The third-order valence-electron chi connectivity index (χ3n) is 5.37. The van der Waals surface area contributed by atoms with Crippen LogP contribution in [0.2, 0.25) is 0 Å². The number of rotatable bonds is 6. The topological polar surface area (TPSA) is 80.6 Å². The number of anilines is 1. The van der Waals surface area contributed by atoms with Gasteiger partial charge in [-0.15, -0.1) is 0 Å². The van der Waals surface area contributed by atoms with Crippen molar-refractivity contribution in [2.45, 2.75) is 20.4 Å². The second-order valence-corrected chi connectivity index (χ2v) is 7.85. The predicted octanol–water partition coefficient (Wildman–Crippen LogP) is 6.06. The summed E-state index contributed by atoms with van der Waals surface area (Å²) < 4.78 is 7.64. The Morgan fingerprint density at radius 3 is 2.21 bits per heavy atom. The molecule has 4 aromatic rings. The Hall–Kier alpha value is -4.32. The number of aryl methyl sites for hydroxylation is 2. The van der Waals surface area contributed by atoms with Crippen molar-refractivity contribution in [3.8, 4) is 22.8 Å². The van der Waals surface area contributed by atoms with E-state index in [0.29, 0.717) is 23.7 Å². The van der Waals surface area contributed by atoms with Gasteiger partial charge in [-0.05, 0) is 85.1 Å². The van der Waals surface area contributed by atoms with E-state index in [4.69, 9.17) is 9.84 Å². The molecule has 1 aromatic heterocycles. The standard InChI is InChI=1S/C27H24N2O4/c1-18-6-7-21(19(2)16-18)17-29-25(4-3-5-26(29)30)20-8-12-23(13-9-20)33-24-14-10-22(11-15-24)28-27(31)32/h3-16,28H,17H2,1-2H3,(H,31,32). The van der Waals surface area contributed by atoms with Crippen molar-refractivity contribution in [1.82, 2.24) is 4.57 Å². The summed E-state index contributed by atoms with van der Waals surface area (Å²) in [5.41, 5.74) is 5.61. The van der Waals surface area contributed by atoms with Crippen LogP contribution < -0.4 is 15.6 Å². The third kappa shape index (κ3) is 5.30. The van der Waals surface area contributed by atoms with Crippen molar-refractivity contribution < 1.29 is 14.6 Å². The molecule has 0 aliphatic heterocycles. The van der Waals surface area contributed by atoms with Crippen LogP contribution in [0.25, 0.3) is 11.3 Å². The van der Waals surface area contributed by atoms with Crippen LogP contribution in [0.3, 0.4) is 0 Å². The minimum absolute atomic E-state index is 0.0529. The highest BCUT2D eigenvalue weighted by molar-refractivity contribution is 5.82. The number of pyridine rings is 1. The zero-order valence-electron chi connectivity index (χ0n) is 18.4. The Morgan fingerprint density at radius 2 is 1.58 bits per heavy atom. The van der Waals surface area contributed by atoms with Crippen molar-refractivity contribution in [2.75, 3.05) is 5.32 Å². The molecule has 0 unspecified atom stereocenters. The van der Waals surface area contributed by atoms with Gasteiger partial charge in [-0.1, -0.05) is 29.8 Å². The van der Waals surface area contributed by atoms with Crippen molar-refractivity contribution in [3.63, 3.8) is 0 Å². The van der Waals surface area contributed by atoms with Crippen LogP contribution >= 0.6 is 0 Å². The first-order chi connectivity index (χ1) is 15.9. The molecule has 33 heavy (non-hydrogen) atoms. The lowest BCUT2D eigenvalue weighted by molar-refractivity contribution is 0.209. The largest absolute Gasteiger partial charge is 0.465 e. The molecule has 6 heteroatoms. The van der Waals surface area contributed by atoms with Gasteiger partial charge in [0.25, 0.3) is 5.56 Å². The van der Waals surface area contributed by atoms with Crippen LogP contribution in [0.5, 0.6) is 11.5 Å². The molecular formula is C27H24N2O4. The molecule has 0 saturated carbocycles. The highest BCUT2D eigenvalue weighted by atomic mass is 16.5. The van der Waals surface area contributed by atoms with Gasteiger partial charge in [-0.25, -0.2) is 4.79 Å². The summed E-state index contributed by atoms with van der Waals surface area (Å²) in [5.74, 6) is 1.22. The molecule has 166 valence electrons. The predicted molar refractivity (Wildman–Crippen MR) is 129 cm³/mol. The van der Waals surface area contributed by atoms with E-state index in [1.165, 1.54) is 5.56 Å². The van der Waals surface area contributed by atoms with E-state index in [2.05, 4.69) is 37.4 Å². The fraction of sp³-hybridized carbons (Fsp3) is 0.111. The third-order valence-corrected chi connectivity index (χ3v) is 5.37. The van der Waals surface area contributed by atoms with Gasteiger partial charge in [0.15, 0.2) is 0 Å². The van der Waals surface area contributed by atoms with Crippen LogP contribution in [-0.2, 0) is 6.54 Å². The normalized spacial score (nSPS) is 10.6. The molecule has 0 spiro atoms. The fourth-order valence-corrected chi connectivity index (χ4v) is 3.69. The quantitative estimate of drug-likeness (QED) is 0.382. The molecule has 3 aromatic carbocycles. The number of amides is 1. The number of carboxylic acid groups (broad SMARTS) is 1. The van der Waals surface area contributed by atoms with E-state index in [1.807, 2.05) is 30.3 Å². The number of aromatic nitrogens is 1. The monoisotopic (exact) mass is 440 g/mol. The molecule has 0 fully saturated rings. The zero-order valence-corrected chi connectivity index (χ0v) is 18.4. The van der Waals surface area contributed by atoms with Crippen LogP contribution in [0.4, 0.5) is 10.5 Å². The summed E-state index contributed by atoms with van der Waals surface area (Å²) in [6.45, 7) is 4.62. The summed E-state index contributed by atoms with van der Waals surface area (Å²) in [6.07, 6.45) is -1.11. The molecule has 0 aliphatic rings. The zero-order chi connectivity index (χ0) is 23.4. The Labute approximate surface area is 191 Å². The van der Waals surface area contributed by atoms with E-state index in [9.17, 15) is 9.59 Å². The maximum atomic E-state index is 12.7. The van der Waals surface area contributed by atoms with Crippen LogP contribution in [-0.4, -0.2) is 15.8 Å². The molecule has 0 bridgehead atoms. The summed E-state index contributed by atoms with van der Waals surface area (Å²) in [5, 5.41) is 11.1. The van der Waals surface area contributed by atoms with E-state index in [1.54, 1.807) is 41.0 Å². The summed E-state index contributed by atoms with van der Waals surface area (Å²) in [4.78, 5) is 23.4. The second-order valence-electron chi connectivity index (χ2n) is 7.85. The lowest BCUT2D eigenvalue weighted by atomic mass is 10.0. The lowest BCUT2D eigenvalue weighted by Crippen LogP contribution is -2.21. The van der Waals surface area contributed by atoms with Crippen LogP contribution in [0.15, 0.2) is 89.7 Å². The van der Waals surface area contributed by atoms with Crippen molar-refractivity contribution in [3.05, 3.63) is 112 Å². The molecule has 0 radical (unpaired) electrons. The second kappa shape index (κ2) is 9.44. The number of benzene rings is 3. The highest BCUT2D eigenvalue weighted by Crippen LogP contribution is 2.27. The number of hydrogen-bond donors (Lipinski definition) is 2. The average molecular weight is 440 g/mol.